The number of aromatic nitrogens is 1. The van der Waals surface area contributed by atoms with Gasteiger partial charge in [0.2, 0.25) is 0 Å². The number of carbonyl (C=O) groups is 1. The molecule has 2 N–H and O–H groups in total. The highest BCUT2D eigenvalue weighted by atomic mass is 79.9. The number of nitrogens with one attached hydrogen (secondary N) is 2. The van der Waals surface area contributed by atoms with Gasteiger partial charge < -0.3 is 15.1 Å². The summed E-state index contributed by atoms with van der Waals surface area (Å²) in [6, 6.07) is 11.2. The summed E-state index contributed by atoms with van der Waals surface area (Å²) >= 11 is 3.41. The number of hydrogen-bond acceptors (Lipinski definition) is 4. The van der Waals surface area contributed by atoms with Crippen LogP contribution in [0, 0.1) is 6.92 Å². The average Bonchev–Trinajstić information content (AvgIpc) is 3.09. The third-order valence-corrected chi connectivity index (χ3v) is 3.98. The molecule has 1 aromatic carbocycles. The standard InChI is InChI=1S/C18H16BrN3O2/c1-12-7-14(19)4-5-17(12)22-18(23)13-8-15(10-20-9-13)21-11-16-3-2-6-24-16/h2-10,21H,11H2,1H3,(H,22,23). The predicted molar refractivity (Wildman–Crippen MR) is 97.1 cm³/mol. The largest absolute Gasteiger partial charge is 0.467 e. The van der Waals surface area contributed by atoms with Crippen LogP contribution in [0.2, 0.25) is 0 Å². The van der Waals surface area contributed by atoms with Gasteiger partial charge in [-0.05, 0) is 48.9 Å². The van der Waals surface area contributed by atoms with E-state index >= 15 is 0 Å². The Labute approximate surface area is 148 Å². The molecule has 2 aromatic heterocycles. The maximum atomic E-state index is 12.4. The molecule has 0 unspecified atom stereocenters. The molecule has 2 heterocycles. The van der Waals surface area contributed by atoms with Gasteiger partial charge in [0.25, 0.3) is 5.91 Å². The van der Waals surface area contributed by atoms with E-state index in [0.717, 1.165) is 27.2 Å². The summed E-state index contributed by atoms with van der Waals surface area (Å²) in [5.74, 6) is 0.616. The first-order chi connectivity index (χ1) is 11.6. The van der Waals surface area contributed by atoms with Gasteiger partial charge in [-0.25, -0.2) is 0 Å². The molecule has 24 heavy (non-hydrogen) atoms. The maximum absolute atomic E-state index is 12.4. The SMILES string of the molecule is Cc1cc(Br)ccc1NC(=O)c1cncc(NCc2ccco2)c1. The van der Waals surface area contributed by atoms with Crippen molar-refractivity contribution in [2.75, 3.05) is 10.6 Å². The van der Waals surface area contributed by atoms with Gasteiger partial charge >= 0.3 is 0 Å². The fourth-order valence-corrected chi connectivity index (χ4v) is 2.70. The van der Waals surface area contributed by atoms with Crippen LogP contribution in [0.5, 0.6) is 0 Å². The van der Waals surface area contributed by atoms with Gasteiger partial charge in [0.05, 0.1) is 24.1 Å². The lowest BCUT2D eigenvalue weighted by Gasteiger charge is -2.10. The first-order valence-corrected chi connectivity index (χ1v) is 8.20. The van der Waals surface area contributed by atoms with Gasteiger partial charge in [0.1, 0.15) is 5.76 Å². The monoisotopic (exact) mass is 385 g/mol. The maximum Gasteiger partial charge on any atom is 0.257 e. The molecule has 0 atom stereocenters. The molecule has 0 aliphatic carbocycles. The molecule has 0 aliphatic heterocycles. The number of aryl methyl sites for hydroxylation is 1. The van der Waals surface area contributed by atoms with Crippen LogP contribution in [-0.2, 0) is 6.54 Å². The summed E-state index contributed by atoms with van der Waals surface area (Å²) in [7, 11) is 0. The van der Waals surface area contributed by atoms with Gasteiger partial charge in [-0.3, -0.25) is 9.78 Å². The highest BCUT2D eigenvalue weighted by Gasteiger charge is 2.09. The molecule has 0 saturated heterocycles. The van der Waals surface area contributed by atoms with E-state index in [4.69, 9.17) is 4.42 Å². The van der Waals surface area contributed by atoms with E-state index in [2.05, 4.69) is 31.5 Å². The normalized spacial score (nSPS) is 10.4. The molecule has 6 heteroatoms. The van der Waals surface area contributed by atoms with Crippen molar-refractivity contribution >= 4 is 33.2 Å². The molecule has 0 aliphatic rings. The lowest BCUT2D eigenvalue weighted by Crippen LogP contribution is -2.13. The molecule has 1 amide bonds. The second-order valence-electron chi connectivity index (χ2n) is 5.31. The molecule has 122 valence electrons. The first-order valence-electron chi connectivity index (χ1n) is 7.40. The minimum absolute atomic E-state index is 0.199. The molecular formula is C18H16BrN3O2. The fraction of sp³-hybridized carbons (Fsp3) is 0.111. The van der Waals surface area contributed by atoms with Crippen LogP contribution in [0.4, 0.5) is 11.4 Å². The zero-order valence-corrected chi connectivity index (χ0v) is 14.6. The quantitative estimate of drug-likeness (QED) is 0.672. The van der Waals surface area contributed by atoms with Crippen molar-refractivity contribution in [3.63, 3.8) is 0 Å². The minimum Gasteiger partial charge on any atom is -0.467 e. The van der Waals surface area contributed by atoms with Crippen LogP contribution in [0.3, 0.4) is 0 Å². The van der Waals surface area contributed by atoms with Gasteiger partial charge in [0.15, 0.2) is 0 Å². The smallest absolute Gasteiger partial charge is 0.257 e. The molecule has 0 fully saturated rings. The Bertz CT molecular complexity index is 847. The lowest BCUT2D eigenvalue weighted by molar-refractivity contribution is 0.102. The van der Waals surface area contributed by atoms with Crippen molar-refractivity contribution in [2.24, 2.45) is 0 Å². The highest BCUT2D eigenvalue weighted by molar-refractivity contribution is 9.10. The zero-order chi connectivity index (χ0) is 16.9. The summed E-state index contributed by atoms with van der Waals surface area (Å²) in [6.45, 7) is 2.48. The minimum atomic E-state index is -0.199. The van der Waals surface area contributed by atoms with E-state index in [-0.39, 0.29) is 5.91 Å². The number of pyridine rings is 1. The van der Waals surface area contributed by atoms with Crippen molar-refractivity contribution in [3.05, 3.63) is 76.4 Å². The molecule has 0 radical (unpaired) electrons. The first kappa shape index (κ1) is 16.3. The lowest BCUT2D eigenvalue weighted by atomic mass is 10.2. The number of carbonyl (C=O) groups excluding carboxylic acids is 1. The summed E-state index contributed by atoms with van der Waals surface area (Å²) in [4.78, 5) is 16.5. The van der Waals surface area contributed by atoms with Crippen molar-refractivity contribution in [3.8, 4) is 0 Å². The summed E-state index contributed by atoms with van der Waals surface area (Å²) < 4.78 is 6.24. The van der Waals surface area contributed by atoms with Crippen molar-refractivity contribution in [1.82, 2.24) is 4.98 Å². The number of anilines is 2. The van der Waals surface area contributed by atoms with Gasteiger partial charge in [-0.15, -0.1) is 0 Å². The van der Waals surface area contributed by atoms with E-state index < -0.39 is 0 Å². The summed E-state index contributed by atoms with van der Waals surface area (Å²) in [6.07, 6.45) is 4.84. The number of nitrogens with zero attached hydrogens (tertiary/aromatic N) is 1. The molecule has 0 saturated carbocycles. The number of benzene rings is 1. The van der Waals surface area contributed by atoms with E-state index in [0.29, 0.717) is 12.1 Å². The van der Waals surface area contributed by atoms with Crippen molar-refractivity contribution in [1.29, 1.82) is 0 Å². The van der Waals surface area contributed by atoms with Crippen LogP contribution in [0.15, 0.2) is 63.9 Å². The molecular weight excluding hydrogens is 370 g/mol. The van der Waals surface area contributed by atoms with Gasteiger partial charge in [-0.2, -0.15) is 0 Å². The zero-order valence-electron chi connectivity index (χ0n) is 13.0. The molecule has 0 spiro atoms. The van der Waals surface area contributed by atoms with Gasteiger partial charge in [-0.1, -0.05) is 15.9 Å². The summed E-state index contributed by atoms with van der Waals surface area (Å²) in [5, 5.41) is 6.09. The highest BCUT2D eigenvalue weighted by Crippen LogP contribution is 2.21. The van der Waals surface area contributed by atoms with Crippen LogP contribution < -0.4 is 10.6 Å². The fourth-order valence-electron chi connectivity index (χ4n) is 2.22. The van der Waals surface area contributed by atoms with E-state index in [9.17, 15) is 4.79 Å². The van der Waals surface area contributed by atoms with Crippen LogP contribution in [0.1, 0.15) is 21.7 Å². The average molecular weight is 386 g/mol. The number of hydrogen-bond donors (Lipinski definition) is 2. The number of halogens is 1. The third-order valence-electron chi connectivity index (χ3n) is 3.48. The second kappa shape index (κ2) is 7.31. The molecule has 3 aromatic rings. The Hall–Kier alpha value is -2.60. The Morgan fingerprint density at radius 3 is 2.88 bits per heavy atom. The Kier molecular flexibility index (Phi) is 4.96. The Morgan fingerprint density at radius 1 is 1.25 bits per heavy atom. The second-order valence-corrected chi connectivity index (χ2v) is 6.22. The van der Waals surface area contributed by atoms with E-state index in [1.165, 1.54) is 0 Å². The molecule has 5 nitrogen and oxygen atoms in total. The summed E-state index contributed by atoms with van der Waals surface area (Å²) in [5.41, 5.74) is 3.00. The van der Waals surface area contributed by atoms with Crippen LogP contribution in [0.25, 0.3) is 0 Å². The van der Waals surface area contributed by atoms with Crippen molar-refractivity contribution in [2.45, 2.75) is 13.5 Å². The topological polar surface area (TPSA) is 67.2 Å². The van der Waals surface area contributed by atoms with Crippen LogP contribution in [-0.4, -0.2) is 10.9 Å². The van der Waals surface area contributed by atoms with Crippen molar-refractivity contribution < 1.29 is 9.21 Å². The molecule has 3 rings (SSSR count). The van der Waals surface area contributed by atoms with E-state index in [1.807, 2.05) is 37.3 Å². The Balaban J connectivity index is 1.69. The number of rotatable bonds is 5. The number of amides is 1. The third kappa shape index (κ3) is 4.02. The molecule has 0 bridgehead atoms. The Morgan fingerprint density at radius 2 is 2.12 bits per heavy atom. The van der Waals surface area contributed by atoms with Gasteiger partial charge in [0, 0.05) is 22.6 Å². The van der Waals surface area contributed by atoms with E-state index in [1.54, 1.807) is 24.7 Å². The predicted octanol–water partition coefficient (Wildman–Crippen LogP) is 4.61. The number of furan rings is 1. The van der Waals surface area contributed by atoms with Crippen LogP contribution >= 0.6 is 15.9 Å².